The Balaban J connectivity index is 1.72. The first-order valence-corrected chi connectivity index (χ1v) is 8.20. The summed E-state index contributed by atoms with van der Waals surface area (Å²) in [5.41, 5.74) is 3.70. The first-order chi connectivity index (χ1) is 13.0. The van der Waals surface area contributed by atoms with E-state index in [9.17, 15) is 9.90 Å². The van der Waals surface area contributed by atoms with Crippen LogP contribution in [-0.2, 0) is 0 Å². The van der Waals surface area contributed by atoms with E-state index in [-0.39, 0.29) is 11.3 Å². The molecule has 0 fully saturated rings. The van der Waals surface area contributed by atoms with Gasteiger partial charge in [0.2, 0.25) is 0 Å². The maximum atomic E-state index is 10.8. The van der Waals surface area contributed by atoms with Crippen molar-refractivity contribution in [3.8, 4) is 5.75 Å². The monoisotopic (exact) mass is 359 g/mol. The summed E-state index contributed by atoms with van der Waals surface area (Å²) in [5, 5.41) is 27.3. The Labute approximate surface area is 156 Å². The van der Waals surface area contributed by atoms with E-state index in [1.54, 1.807) is 24.3 Å². The minimum absolute atomic E-state index is 0.0289. The summed E-state index contributed by atoms with van der Waals surface area (Å²) in [6, 6.07) is 18.7. The normalized spacial score (nSPS) is 11.3. The van der Waals surface area contributed by atoms with Gasteiger partial charge in [0.05, 0.1) is 22.6 Å². The van der Waals surface area contributed by atoms with Crippen LogP contribution in [0.5, 0.6) is 5.75 Å². The van der Waals surface area contributed by atoms with Gasteiger partial charge in [0.15, 0.2) is 0 Å². The molecule has 6 nitrogen and oxygen atoms in total. The van der Waals surface area contributed by atoms with E-state index in [2.05, 4.69) is 15.2 Å². The van der Waals surface area contributed by atoms with Gasteiger partial charge in [-0.1, -0.05) is 17.7 Å². The Morgan fingerprint density at radius 3 is 2.07 bits per heavy atom. The third-order valence-corrected chi connectivity index (χ3v) is 3.80. The molecule has 0 aliphatic carbocycles. The topological polar surface area (TPSA) is 94.6 Å². The van der Waals surface area contributed by atoms with E-state index in [4.69, 9.17) is 5.11 Å². The van der Waals surface area contributed by atoms with Gasteiger partial charge < -0.3 is 10.2 Å². The lowest BCUT2D eigenvalue weighted by molar-refractivity contribution is 0.0697. The summed E-state index contributed by atoms with van der Waals surface area (Å²) >= 11 is 0. The fraction of sp³-hybridized carbons (Fsp3) is 0.0476. The van der Waals surface area contributed by atoms with Crippen molar-refractivity contribution in [3.05, 3.63) is 83.4 Å². The SMILES string of the molecule is Cc1ccc(N=Nc2ccc(C=Nc3ccc(C(=O)O)cc3)c(O)c2)cc1. The van der Waals surface area contributed by atoms with Gasteiger partial charge in [-0.15, -0.1) is 0 Å². The van der Waals surface area contributed by atoms with Crippen LogP contribution in [0.1, 0.15) is 21.5 Å². The Morgan fingerprint density at radius 2 is 1.44 bits per heavy atom. The lowest BCUT2D eigenvalue weighted by Gasteiger charge is -2.01. The third-order valence-electron chi connectivity index (χ3n) is 3.80. The number of rotatable bonds is 5. The number of carboxylic acid groups (broad SMARTS) is 1. The van der Waals surface area contributed by atoms with Gasteiger partial charge in [-0.25, -0.2) is 4.79 Å². The highest BCUT2D eigenvalue weighted by Crippen LogP contribution is 2.25. The van der Waals surface area contributed by atoms with Crippen LogP contribution in [0, 0.1) is 6.92 Å². The predicted octanol–water partition coefficient (Wildman–Crippen LogP) is 5.56. The molecular formula is C21H17N3O3. The first kappa shape index (κ1) is 18.0. The lowest BCUT2D eigenvalue weighted by Crippen LogP contribution is -1.94. The van der Waals surface area contributed by atoms with E-state index < -0.39 is 5.97 Å². The average molecular weight is 359 g/mol. The second kappa shape index (κ2) is 8.05. The molecule has 6 heteroatoms. The number of hydrogen-bond acceptors (Lipinski definition) is 5. The molecule has 0 atom stereocenters. The van der Waals surface area contributed by atoms with Crippen LogP contribution in [0.25, 0.3) is 0 Å². The molecule has 0 radical (unpaired) electrons. The summed E-state index contributed by atoms with van der Waals surface area (Å²) in [6.07, 6.45) is 1.51. The smallest absolute Gasteiger partial charge is 0.335 e. The zero-order valence-electron chi connectivity index (χ0n) is 14.6. The molecule has 0 bridgehead atoms. The molecule has 0 saturated heterocycles. The van der Waals surface area contributed by atoms with Crippen LogP contribution < -0.4 is 0 Å². The van der Waals surface area contributed by atoms with Crippen molar-refractivity contribution in [3.63, 3.8) is 0 Å². The second-order valence-electron chi connectivity index (χ2n) is 5.89. The third kappa shape index (κ3) is 4.85. The molecule has 3 aromatic carbocycles. The van der Waals surface area contributed by atoms with Crippen molar-refractivity contribution < 1.29 is 15.0 Å². The summed E-state index contributed by atoms with van der Waals surface area (Å²) in [6.45, 7) is 2.00. The highest BCUT2D eigenvalue weighted by atomic mass is 16.4. The zero-order chi connectivity index (χ0) is 19.2. The van der Waals surface area contributed by atoms with E-state index >= 15 is 0 Å². The van der Waals surface area contributed by atoms with E-state index in [0.29, 0.717) is 16.9 Å². The number of phenols is 1. The zero-order valence-corrected chi connectivity index (χ0v) is 14.6. The van der Waals surface area contributed by atoms with Crippen LogP contribution >= 0.6 is 0 Å². The highest BCUT2D eigenvalue weighted by molar-refractivity contribution is 5.89. The Bertz CT molecular complexity index is 1010. The van der Waals surface area contributed by atoms with Crippen molar-refractivity contribution in [1.82, 2.24) is 0 Å². The number of aliphatic imine (C=N–C) groups is 1. The van der Waals surface area contributed by atoms with E-state index in [1.165, 1.54) is 24.4 Å². The summed E-state index contributed by atoms with van der Waals surface area (Å²) in [7, 11) is 0. The van der Waals surface area contributed by atoms with Crippen LogP contribution in [0.15, 0.2) is 82.0 Å². The number of phenolic OH excluding ortho intramolecular Hbond substituents is 1. The molecule has 0 aliphatic heterocycles. The van der Waals surface area contributed by atoms with Crippen molar-refractivity contribution in [2.75, 3.05) is 0 Å². The number of carbonyl (C=O) groups is 1. The van der Waals surface area contributed by atoms with Gasteiger partial charge in [-0.2, -0.15) is 10.2 Å². The quantitative estimate of drug-likeness (QED) is 0.461. The summed E-state index contributed by atoms with van der Waals surface area (Å²) in [5.74, 6) is -0.958. The Hall–Kier alpha value is -3.80. The number of benzene rings is 3. The molecule has 2 N–H and O–H groups in total. The fourth-order valence-electron chi connectivity index (χ4n) is 2.26. The number of aromatic hydroxyl groups is 1. The predicted molar refractivity (Wildman–Crippen MR) is 104 cm³/mol. The van der Waals surface area contributed by atoms with Crippen LogP contribution in [0.2, 0.25) is 0 Å². The standard InChI is InChI=1S/C21H17N3O3/c1-14-2-7-18(8-3-14)23-24-19-11-6-16(20(25)12-19)13-22-17-9-4-15(5-10-17)21(26)27/h2-13,25H,1H3,(H,26,27). The van der Waals surface area contributed by atoms with E-state index in [1.807, 2.05) is 31.2 Å². The van der Waals surface area contributed by atoms with Gasteiger partial charge in [-0.3, -0.25) is 4.99 Å². The molecule has 3 rings (SSSR count). The minimum atomic E-state index is -0.987. The van der Waals surface area contributed by atoms with Crippen LogP contribution in [0.3, 0.4) is 0 Å². The van der Waals surface area contributed by atoms with Gasteiger partial charge in [0.25, 0.3) is 0 Å². The number of carboxylic acids is 1. The largest absolute Gasteiger partial charge is 0.507 e. The lowest BCUT2D eigenvalue weighted by atomic mass is 10.2. The second-order valence-corrected chi connectivity index (χ2v) is 5.89. The van der Waals surface area contributed by atoms with Gasteiger partial charge >= 0.3 is 5.97 Å². The molecule has 0 aliphatic rings. The molecular weight excluding hydrogens is 342 g/mol. The molecule has 0 saturated carbocycles. The first-order valence-electron chi connectivity index (χ1n) is 8.20. The molecule has 0 spiro atoms. The number of hydrogen-bond donors (Lipinski definition) is 2. The molecule has 0 heterocycles. The number of nitrogens with zero attached hydrogens (tertiary/aromatic N) is 3. The van der Waals surface area contributed by atoms with Crippen LogP contribution in [-0.4, -0.2) is 22.4 Å². The maximum Gasteiger partial charge on any atom is 0.335 e. The number of aromatic carboxylic acids is 1. The summed E-state index contributed by atoms with van der Waals surface area (Å²) in [4.78, 5) is 15.1. The van der Waals surface area contributed by atoms with Crippen molar-refractivity contribution in [2.45, 2.75) is 6.92 Å². The van der Waals surface area contributed by atoms with Gasteiger partial charge in [0.1, 0.15) is 5.75 Å². The van der Waals surface area contributed by atoms with E-state index in [0.717, 1.165) is 11.3 Å². The number of aryl methyl sites for hydroxylation is 1. The molecule has 27 heavy (non-hydrogen) atoms. The van der Waals surface area contributed by atoms with Gasteiger partial charge in [-0.05, 0) is 55.5 Å². The van der Waals surface area contributed by atoms with Gasteiger partial charge in [0, 0.05) is 17.8 Å². The molecule has 134 valence electrons. The van der Waals surface area contributed by atoms with Crippen molar-refractivity contribution in [1.29, 1.82) is 0 Å². The Morgan fingerprint density at radius 1 is 0.852 bits per heavy atom. The molecule has 0 aromatic heterocycles. The molecule has 0 unspecified atom stereocenters. The number of azo groups is 1. The van der Waals surface area contributed by atoms with Crippen molar-refractivity contribution >= 4 is 29.2 Å². The minimum Gasteiger partial charge on any atom is -0.507 e. The van der Waals surface area contributed by atoms with Crippen molar-refractivity contribution in [2.24, 2.45) is 15.2 Å². The maximum absolute atomic E-state index is 10.8. The highest BCUT2D eigenvalue weighted by Gasteiger charge is 2.02. The molecule has 0 amide bonds. The fourth-order valence-corrected chi connectivity index (χ4v) is 2.26. The summed E-state index contributed by atoms with van der Waals surface area (Å²) < 4.78 is 0. The average Bonchev–Trinajstić information content (AvgIpc) is 2.67. The Kier molecular flexibility index (Phi) is 5.37. The molecule has 3 aromatic rings. The van der Waals surface area contributed by atoms with Crippen LogP contribution in [0.4, 0.5) is 17.1 Å².